The van der Waals surface area contributed by atoms with Gasteiger partial charge in [0.2, 0.25) is 5.91 Å². The first-order valence-electron chi connectivity index (χ1n) is 7.56. The number of hydrogen-bond donors (Lipinski definition) is 3. The molecule has 110 valence electrons. The molecule has 0 aromatic heterocycles. The summed E-state index contributed by atoms with van der Waals surface area (Å²) in [5.74, 6) is -0.00536. The minimum Gasteiger partial charge on any atom is -0.392 e. The number of β-amino-alcohol motifs (C(OH)–C–C–N with tert-alkyl or cyclic N) is 1. The van der Waals surface area contributed by atoms with Gasteiger partial charge in [-0.3, -0.25) is 4.79 Å². The number of aliphatic hydroxyl groups excluding tert-OH is 1. The highest BCUT2D eigenvalue weighted by molar-refractivity contribution is 5.82. The molecule has 0 bridgehead atoms. The van der Waals surface area contributed by atoms with Crippen molar-refractivity contribution in [1.82, 2.24) is 10.6 Å². The smallest absolute Gasteiger partial charge is 0.237 e. The molecule has 1 aliphatic carbocycles. The number of aliphatic hydroxyl groups is 1. The maximum Gasteiger partial charge on any atom is 0.237 e. The van der Waals surface area contributed by atoms with E-state index >= 15 is 0 Å². The van der Waals surface area contributed by atoms with E-state index in [-0.39, 0.29) is 18.1 Å². The first-order chi connectivity index (χ1) is 9.25. The summed E-state index contributed by atoms with van der Waals surface area (Å²) in [4.78, 5) is 11.7. The fourth-order valence-corrected chi connectivity index (χ4v) is 2.81. The molecule has 1 saturated carbocycles. The molecule has 1 heterocycles. The van der Waals surface area contributed by atoms with Gasteiger partial charge in [-0.15, -0.1) is 0 Å². The maximum atomic E-state index is 11.7. The number of ether oxygens (including phenoxy) is 1. The van der Waals surface area contributed by atoms with Crippen LogP contribution in [-0.2, 0) is 9.53 Å². The van der Waals surface area contributed by atoms with Gasteiger partial charge in [-0.2, -0.15) is 0 Å². The average molecular weight is 270 g/mol. The Morgan fingerprint density at radius 1 is 1.32 bits per heavy atom. The van der Waals surface area contributed by atoms with Crippen LogP contribution in [0.5, 0.6) is 0 Å². The zero-order valence-corrected chi connectivity index (χ0v) is 11.6. The molecule has 0 radical (unpaired) electrons. The predicted molar refractivity (Wildman–Crippen MR) is 72.9 cm³/mol. The van der Waals surface area contributed by atoms with Gasteiger partial charge in [0.1, 0.15) is 0 Å². The monoisotopic (exact) mass is 270 g/mol. The Morgan fingerprint density at radius 3 is 2.79 bits per heavy atom. The van der Waals surface area contributed by atoms with Gasteiger partial charge in [0.25, 0.3) is 0 Å². The highest BCUT2D eigenvalue weighted by Gasteiger charge is 2.27. The van der Waals surface area contributed by atoms with Gasteiger partial charge in [0.15, 0.2) is 0 Å². The zero-order chi connectivity index (χ0) is 13.5. The van der Waals surface area contributed by atoms with Crippen LogP contribution in [0, 0.1) is 0 Å². The number of carbonyl (C=O) groups excluding carboxylic acids is 1. The standard InChI is InChI=1S/C14H26N2O3/c17-11-9-13(16-10-11)14(18)15-7-4-8-19-12-5-2-1-3-6-12/h11-13,16-17H,1-10H2,(H,15,18)/t11-,13-/m1/s1. The maximum absolute atomic E-state index is 11.7. The third-order valence-electron chi connectivity index (χ3n) is 3.95. The molecule has 1 saturated heterocycles. The van der Waals surface area contributed by atoms with Crippen LogP contribution in [0.15, 0.2) is 0 Å². The second-order valence-corrected chi connectivity index (χ2v) is 5.63. The average Bonchev–Trinajstić information content (AvgIpc) is 2.86. The number of hydrogen-bond acceptors (Lipinski definition) is 4. The van der Waals surface area contributed by atoms with Crippen LogP contribution >= 0.6 is 0 Å². The quantitative estimate of drug-likeness (QED) is 0.617. The van der Waals surface area contributed by atoms with E-state index in [0.717, 1.165) is 13.0 Å². The van der Waals surface area contributed by atoms with Crippen LogP contribution in [0.4, 0.5) is 0 Å². The molecule has 0 aromatic carbocycles. The van der Waals surface area contributed by atoms with E-state index < -0.39 is 0 Å². The topological polar surface area (TPSA) is 70.6 Å². The summed E-state index contributed by atoms with van der Waals surface area (Å²) in [5.41, 5.74) is 0. The highest BCUT2D eigenvalue weighted by Crippen LogP contribution is 2.20. The van der Waals surface area contributed by atoms with Crippen molar-refractivity contribution in [3.8, 4) is 0 Å². The molecule has 2 rings (SSSR count). The Morgan fingerprint density at radius 2 is 2.11 bits per heavy atom. The summed E-state index contributed by atoms with van der Waals surface area (Å²) in [6, 6.07) is -0.228. The normalized spacial score (nSPS) is 28.5. The molecular weight excluding hydrogens is 244 g/mol. The van der Waals surface area contributed by atoms with E-state index in [1.165, 1.54) is 32.1 Å². The third-order valence-corrected chi connectivity index (χ3v) is 3.95. The molecule has 3 N–H and O–H groups in total. The molecule has 1 aliphatic heterocycles. The Kier molecular flexibility index (Phi) is 6.07. The number of nitrogens with one attached hydrogen (secondary N) is 2. The van der Waals surface area contributed by atoms with Crippen LogP contribution in [0.2, 0.25) is 0 Å². The molecular formula is C14H26N2O3. The molecule has 0 aromatic rings. The van der Waals surface area contributed by atoms with Crippen LogP contribution in [-0.4, -0.2) is 49.0 Å². The molecule has 5 heteroatoms. The SMILES string of the molecule is O=C(NCCCOC1CCCCC1)[C@H]1C[C@@H](O)CN1. The lowest BCUT2D eigenvalue weighted by Crippen LogP contribution is -2.41. The summed E-state index contributed by atoms with van der Waals surface area (Å²) < 4.78 is 5.80. The second-order valence-electron chi connectivity index (χ2n) is 5.63. The van der Waals surface area contributed by atoms with Crippen LogP contribution in [0.25, 0.3) is 0 Å². The van der Waals surface area contributed by atoms with Gasteiger partial charge < -0.3 is 20.5 Å². The van der Waals surface area contributed by atoms with Gasteiger partial charge in [0, 0.05) is 19.7 Å². The van der Waals surface area contributed by atoms with E-state index in [1.54, 1.807) is 0 Å². The molecule has 2 fully saturated rings. The minimum absolute atomic E-state index is 0.00536. The van der Waals surface area contributed by atoms with E-state index in [1.807, 2.05) is 0 Å². The van der Waals surface area contributed by atoms with Gasteiger partial charge in [0.05, 0.1) is 18.2 Å². The van der Waals surface area contributed by atoms with E-state index in [2.05, 4.69) is 10.6 Å². The van der Waals surface area contributed by atoms with Gasteiger partial charge >= 0.3 is 0 Å². The van der Waals surface area contributed by atoms with Crippen molar-refractivity contribution < 1.29 is 14.6 Å². The summed E-state index contributed by atoms with van der Waals surface area (Å²) in [7, 11) is 0. The largest absolute Gasteiger partial charge is 0.392 e. The fraction of sp³-hybridized carbons (Fsp3) is 0.929. The molecule has 5 nitrogen and oxygen atoms in total. The van der Waals surface area contributed by atoms with E-state index in [4.69, 9.17) is 4.74 Å². The first-order valence-corrected chi connectivity index (χ1v) is 7.56. The van der Waals surface area contributed by atoms with Crippen molar-refractivity contribution in [2.24, 2.45) is 0 Å². The van der Waals surface area contributed by atoms with Gasteiger partial charge in [-0.05, 0) is 25.7 Å². The van der Waals surface area contributed by atoms with Gasteiger partial charge in [-0.25, -0.2) is 0 Å². The Labute approximate surface area is 115 Å². The second kappa shape index (κ2) is 7.82. The molecule has 0 unspecified atom stereocenters. The number of carbonyl (C=O) groups is 1. The Hall–Kier alpha value is -0.650. The van der Waals surface area contributed by atoms with Crippen molar-refractivity contribution in [3.05, 3.63) is 0 Å². The van der Waals surface area contributed by atoms with Crippen LogP contribution in [0.3, 0.4) is 0 Å². The van der Waals surface area contributed by atoms with Gasteiger partial charge in [-0.1, -0.05) is 19.3 Å². The lowest BCUT2D eigenvalue weighted by atomic mass is 9.98. The van der Waals surface area contributed by atoms with E-state index in [0.29, 0.717) is 25.6 Å². The summed E-state index contributed by atoms with van der Waals surface area (Å²) in [6.07, 6.45) is 7.74. The number of amides is 1. The van der Waals surface area contributed by atoms with Crippen molar-refractivity contribution in [2.75, 3.05) is 19.7 Å². The Bertz CT molecular complexity index is 280. The van der Waals surface area contributed by atoms with Crippen LogP contribution < -0.4 is 10.6 Å². The highest BCUT2D eigenvalue weighted by atomic mass is 16.5. The minimum atomic E-state index is -0.384. The fourth-order valence-electron chi connectivity index (χ4n) is 2.81. The Balaban J connectivity index is 1.48. The molecule has 0 spiro atoms. The summed E-state index contributed by atoms with van der Waals surface area (Å²) >= 11 is 0. The third kappa shape index (κ3) is 5.09. The van der Waals surface area contributed by atoms with Crippen LogP contribution in [0.1, 0.15) is 44.9 Å². The molecule has 2 aliphatic rings. The molecule has 2 atom stereocenters. The van der Waals surface area contributed by atoms with Crippen molar-refractivity contribution in [1.29, 1.82) is 0 Å². The zero-order valence-electron chi connectivity index (χ0n) is 11.6. The lowest BCUT2D eigenvalue weighted by molar-refractivity contribution is -0.123. The first kappa shape index (κ1) is 14.8. The summed E-state index contributed by atoms with van der Waals surface area (Å²) in [6.45, 7) is 1.90. The van der Waals surface area contributed by atoms with Crippen molar-refractivity contribution in [3.63, 3.8) is 0 Å². The van der Waals surface area contributed by atoms with Crippen molar-refractivity contribution in [2.45, 2.75) is 63.2 Å². The van der Waals surface area contributed by atoms with E-state index in [9.17, 15) is 9.90 Å². The molecule has 19 heavy (non-hydrogen) atoms. The summed E-state index contributed by atoms with van der Waals surface area (Å²) in [5, 5.41) is 15.2. The predicted octanol–water partition coefficient (Wildman–Crippen LogP) is 0.565. The lowest BCUT2D eigenvalue weighted by Gasteiger charge is -2.22. The van der Waals surface area contributed by atoms with Crippen molar-refractivity contribution >= 4 is 5.91 Å². The molecule has 1 amide bonds. The number of rotatable bonds is 6.